The van der Waals surface area contributed by atoms with Crippen molar-refractivity contribution in [2.75, 3.05) is 11.9 Å². The summed E-state index contributed by atoms with van der Waals surface area (Å²) < 4.78 is 0. The second-order valence-electron chi connectivity index (χ2n) is 6.38. The number of benzene rings is 1. The number of hydrogen-bond acceptors (Lipinski definition) is 4. The second-order valence-corrected chi connectivity index (χ2v) is 7.41. The van der Waals surface area contributed by atoms with E-state index in [1.807, 2.05) is 47.8 Å². The van der Waals surface area contributed by atoms with Gasteiger partial charge in [0, 0.05) is 16.8 Å². The molecule has 5 nitrogen and oxygen atoms in total. The fraction of sp³-hybridized carbons (Fsp3) is 0.250. The van der Waals surface area contributed by atoms with Gasteiger partial charge in [-0.2, -0.15) is 0 Å². The van der Waals surface area contributed by atoms with Crippen molar-refractivity contribution in [3.8, 4) is 0 Å². The summed E-state index contributed by atoms with van der Waals surface area (Å²) in [6.07, 6.45) is 1.89. The lowest BCUT2D eigenvalue weighted by molar-refractivity contribution is -0.136. The van der Waals surface area contributed by atoms with Crippen molar-refractivity contribution >= 4 is 39.9 Å². The van der Waals surface area contributed by atoms with Crippen LogP contribution in [0.3, 0.4) is 0 Å². The minimum absolute atomic E-state index is 0.0107. The molecule has 1 fully saturated rings. The molecule has 26 heavy (non-hydrogen) atoms. The van der Waals surface area contributed by atoms with Gasteiger partial charge in [-0.15, -0.1) is 11.3 Å². The fourth-order valence-corrected chi connectivity index (χ4v) is 4.04. The smallest absolute Gasteiger partial charge is 0.248 e. The molecule has 0 spiro atoms. The van der Waals surface area contributed by atoms with Gasteiger partial charge in [0.1, 0.15) is 11.9 Å². The molecule has 1 saturated heterocycles. The minimum atomic E-state index is -0.421. The van der Waals surface area contributed by atoms with Crippen LogP contribution in [-0.4, -0.2) is 34.3 Å². The monoisotopic (exact) mass is 365 g/mol. The molecular formula is C20H19N3O2S. The molecule has 1 aromatic carbocycles. The average Bonchev–Trinajstić information content (AvgIpc) is 3.33. The van der Waals surface area contributed by atoms with Crippen molar-refractivity contribution < 1.29 is 9.59 Å². The molecule has 1 unspecified atom stereocenters. The van der Waals surface area contributed by atoms with Gasteiger partial charge >= 0.3 is 0 Å². The van der Waals surface area contributed by atoms with E-state index in [0.717, 1.165) is 22.2 Å². The number of anilines is 1. The Morgan fingerprint density at radius 1 is 1.15 bits per heavy atom. The highest BCUT2D eigenvalue weighted by Crippen LogP contribution is 2.22. The number of nitrogens with one attached hydrogen (secondary N) is 1. The lowest BCUT2D eigenvalue weighted by Crippen LogP contribution is -2.43. The molecule has 6 heteroatoms. The van der Waals surface area contributed by atoms with Gasteiger partial charge in [-0.3, -0.25) is 9.59 Å². The molecule has 4 rings (SSSR count). The molecule has 1 aliphatic heterocycles. The van der Waals surface area contributed by atoms with Gasteiger partial charge in [0.2, 0.25) is 11.8 Å². The van der Waals surface area contributed by atoms with E-state index in [1.54, 1.807) is 22.3 Å². The number of para-hydroxylation sites is 1. The minimum Gasteiger partial charge on any atom is -0.330 e. The molecule has 1 aliphatic rings. The number of nitrogens with zero attached hydrogens (tertiary/aromatic N) is 2. The first-order valence-corrected chi connectivity index (χ1v) is 9.57. The second kappa shape index (κ2) is 7.25. The van der Waals surface area contributed by atoms with Gasteiger partial charge in [0.15, 0.2) is 0 Å². The van der Waals surface area contributed by atoms with Gasteiger partial charge in [-0.1, -0.05) is 24.3 Å². The fourth-order valence-electron chi connectivity index (χ4n) is 3.35. The Balaban J connectivity index is 1.46. The molecule has 3 heterocycles. The average molecular weight is 365 g/mol. The standard InChI is InChI=1S/C20H19N3O2S/c24-19(13-15-6-4-12-26-15)23-11-3-8-17(23)20(25)22-18-10-9-14-5-1-2-7-16(14)21-18/h1-2,4-7,9-10,12,17H,3,8,11,13H2,(H,21,22,25). The SMILES string of the molecule is O=C(Nc1ccc2ccccc2n1)C1CCCN1C(=O)Cc1cccs1. The van der Waals surface area contributed by atoms with E-state index in [-0.39, 0.29) is 11.8 Å². The summed E-state index contributed by atoms with van der Waals surface area (Å²) in [5.74, 6) is 0.368. The highest BCUT2D eigenvalue weighted by molar-refractivity contribution is 7.10. The lowest BCUT2D eigenvalue weighted by atomic mass is 10.2. The summed E-state index contributed by atoms with van der Waals surface area (Å²) in [6.45, 7) is 0.632. The van der Waals surface area contributed by atoms with Crippen LogP contribution < -0.4 is 5.32 Å². The largest absolute Gasteiger partial charge is 0.330 e. The molecule has 1 N–H and O–H groups in total. The molecule has 0 bridgehead atoms. The topological polar surface area (TPSA) is 62.3 Å². The van der Waals surface area contributed by atoms with Crippen LogP contribution in [0.15, 0.2) is 53.9 Å². The first-order valence-electron chi connectivity index (χ1n) is 8.69. The number of aromatic nitrogens is 1. The van der Waals surface area contributed by atoms with Crippen LogP contribution in [0.4, 0.5) is 5.82 Å². The van der Waals surface area contributed by atoms with Crippen molar-refractivity contribution in [3.63, 3.8) is 0 Å². The Hall–Kier alpha value is -2.73. The Morgan fingerprint density at radius 2 is 2.04 bits per heavy atom. The van der Waals surface area contributed by atoms with Crippen LogP contribution >= 0.6 is 11.3 Å². The maximum absolute atomic E-state index is 12.7. The van der Waals surface area contributed by atoms with E-state index >= 15 is 0 Å². The summed E-state index contributed by atoms with van der Waals surface area (Å²) in [5, 5.41) is 5.87. The molecule has 132 valence electrons. The van der Waals surface area contributed by atoms with Gasteiger partial charge in [-0.25, -0.2) is 4.98 Å². The van der Waals surface area contributed by atoms with Crippen molar-refractivity contribution in [2.24, 2.45) is 0 Å². The Morgan fingerprint density at radius 3 is 2.88 bits per heavy atom. The third kappa shape index (κ3) is 3.46. The third-order valence-corrected chi connectivity index (χ3v) is 5.51. The first kappa shape index (κ1) is 16.7. The van der Waals surface area contributed by atoms with E-state index in [2.05, 4.69) is 10.3 Å². The third-order valence-electron chi connectivity index (χ3n) is 4.63. The Bertz CT molecular complexity index is 939. The van der Waals surface area contributed by atoms with Crippen LogP contribution in [0.2, 0.25) is 0 Å². The maximum Gasteiger partial charge on any atom is 0.248 e. The van der Waals surface area contributed by atoms with E-state index in [0.29, 0.717) is 25.2 Å². The number of amides is 2. The zero-order chi connectivity index (χ0) is 17.9. The van der Waals surface area contributed by atoms with Crippen molar-refractivity contribution in [2.45, 2.75) is 25.3 Å². The maximum atomic E-state index is 12.7. The summed E-state index contributed by atoms with van der Waals surface area (Å²) >= 11 is 1.57. The van der Waals surface area contributed by atoms with Crippen LogP contribution in [0.5, 0.6) is 0 Å². The summed E-state index contributed by atoms with van der Waals surface area (Å²) in [7, 11) is 0. The van der Waals surface area contributed by atoms with Gasteiger partial charge < -0.3 is 10.2 Å². The number of hydrogen-bond donors (Lipinski definition) is 1. The van der Waals surface area contributed by atoms with Crippen LogP contribution in [0.1, 0.15) is 17.7 Å². The van der Waals surface area contributed by atoms with Crippen molar-refractivity contribution in [1.29, 1.82) is 0 Å². The number of rotatable bonds is 4. The van der Waals surface area contributed by atoms with Crippen LogP contribution in [0.25, 0.3) is 10.9 Å². The summed E-state index contributed by atoms with van der Waals surface area (Å²) in [6, 6.07) is 15.0. The number of carbonyl (C=O) groups is 2. The van der Waals surface area contributed by atoms with E-state index in [4.69, 9.17) is 0 Å². The van der Waals surface area contributed by atoms with Crippen molar-refractivity contribution in [1.82, 2.24) is 9.88 Å². The predicted octanol–water partition coefficient (Wildman–Crippen LogP) is 3.47. The molecule has 0 radical (unpaired) electrons. The van der Waals surface area contributed by atoms with Crippen molar-refractivity contribution in [3.05, 3.63) is 58.8 Å². The van der Waals surface area contributed by atoms with E-state index in [1.165, 1.54) is 0 Å². The molecular weight excluding hydrogens is 346 g/mol. The highest BCUT2D eigenvalue weighted by atomic mass is 32.1. The quantitative estimate of drug-likeness (QED) is 0.770. The lowest BCUT2D eigenvalue weighted by Gasteiger charge is -2.23. The number of thiophene rings is 1. The van der Waals surface area contributed by atoms with Crippen LogP contribution in [-0.2, 0) is 16.0 Å². The number of likely N-dealkylation sites (tertiary alicyclic amines) is 1. The zero-order valence-electron chi connectivity index (χ0n) is 14.2. The van der Waals surface area contributed by atoms with Gasteiger partial charge in [0.05, 0.1) is 11.9 Å². The number of pyridine rings is 1. The van der Waals surface area contributed by atoms with E-state index < -0.39 is 6.04 Å². The van der Waals surface area contributed by atoms with Gasteiger partial charge in [-0.05, 0) is 42.5 Å². The Kier molecular flexibility index (Phi) is 4.67. The Labute approximate surface area is 155 Å². The van der Waals surface area contributed by atoms with Gasteiger partial charge in [0.25, 0.3) is 0 Å². The summed E-state index contributed by atoms with van der Waals surface area (Å²) in [5.41, 5.74) is 0.836. The summed E-state index contributed by atoms with van der Waals surface area (Å²) in [4.78, 5) is 32.5. The van der Waals surface area contributed by atoms with Crippen LogP contribution in [0, 0.1) is 0 Å². The molecule has 3 aromatic rings. The molecule has 0 saturated carbocycles. The number of fused-ring (bicyclic) bond motifs is 1. The first-order chi connectivity index (χ1) is 12.7. The predicted molar refractivity (Wildman–Crippen MR) is 103 cm³/mol. The molecule has 2 aromatic heterocycles. The highest BCUT2D eigenvalue weighted by Gasteiger charge is 2.34. The normalized spacial score (nSPS) is 16.8. The number of carbonyl (C=O) groups excluding carboxylic acids is 2. The zero-order valence-corrected chi connectivity index (χ0v) is 15.0. The van der Waals surface area contributed by atoms with E-state index in [9.17, 15) is 9.59 Å². The molecule has 2 amide bonds. The molecule has 0 aliphatic carbocycles. The molecule has 1 atom stereocenters.